The molecule has 0 unspecified atom stereocenters. The molecule has 4 heteroatoms. The Morgan fingerprint density at radius 1 is 1.71 bits per heavy atom. The van der Waals surface area contributed by atoms with Gasteiger partial charge in [0.25, 0.3) is 0 Å². The highest BCUT2D eigenvalue weighted by Gasteiger charge is 2.18. The minimum Gasteiger partial charge on any atom is -0.379 e. The van der Waals surface area contributed by atoms with Gasteiger partial charge in [-0.1, -0.05) is 22.0 Å². The van der Waals surface area contributed by atoms with Crippen molar-refractivity contribution in [2.24, 2.45) is 0 Å². The van der Waals surface area contributed by atoms with E-state index >= 15 is 0 Å². The summed E-state index contributed by atoms with van der Waals surface area (Å²) in [4.78, 5) is 10.9. The van der Waals surface area contributed by atoms with E-state index < -0.39 is 0 Å². The number of carbonyl (C=O) groups is 1. The summed E-state index contributed by atoms with van der Waals surface area (Å²) in [5.41, 5.74) is 0. The van der Waals surface area contributed by atoms with Crippen LogP contribution in [0.2, 0.25) is 0 Å². The van der Waals surface area contributed by atoms with Crippen LogP contribution in [0.25, 0.3) is 0 Å². The lowest BCUT2D eigenvalue weighted by molar-refractivity contribution is -0.120. The van der Waals surface area contributed by atoms with Gasteiger partial charge in [0.1, 0.15) is 0 Å². The van der Waals surface area contributed by atoms with E-state index in [2.05, 4.69) is 27.8 Å². The summed E-state index contributed by atoms with van der Waals surface area (Å²) in [6.07, 6.45) is 3.64. The summed E-state index contributed by atoms with van der Waals surface area (Å²) in [6, 6.07) is -0.100. The van der Waals surface area contributed by atoms with Crippen LogP contribution in [0.1, 0.15) is 19.8 Å². The summed E-state index contributed by atoms with van der Waals surface area (Å²) in [5.74, 6) is -0.0595. The second-order valence-electron chi connectivity index (χ2n) is 3.07. The molecule has 1 N–H and O–H groups in total. The molecular weight excluding hydrogens is 246 g/mol. The molecule has 0 aromatic heterocycles. The first-order chi connectivity index (χ1) is 6.65. The van der Waals surface area contributed by atoms with Crippen molar-refractivity contribution in [1.82, 2.24) is 5.32 Å². The molecule has 0 saturated carbocycles. The van der Waals surface area contributed by atoms with Gasteiger partial charge in [0.2, 0.25) is 5.91 Å². The van der Waals surface area contributed by atoms with E-state index in [9.17, 15) is 4.79 Å². The molecule has 0 heterocycles. The van der Waals surface area contributed by atoms with Gasteiger partial charge in [0.05, 0.1) is 12.1 Å². The Hall–Kier alpha value is -0.350. The Kier molecular flexibility index (Phi) is 7.80. The van der Waals surface area contributed by atoms with Gasteiger partial charge in [-0.15, -0.1) is 6.58 Å². The second-order valence-corrected chi connectivity index (χ2v) is 3.86. The lowest BCUT2D eigenvalue weighted by atomic mass is 10.1. The van der Waals surface area contributed by atoms with Gasteiger partial charge in [-0.25, -0.2) is 0 Å². The number of hydrogen-bond donors (Lipinski definition) is 1. The zero-order valence-electron chi connectivity index (χ0n) is 8.75. The largest absolute Gasteiger partial charge is 0.379 e. The van der Waals surface area contributed by atoms with Gasteiger partial charge >= 0.3 is 0 Å². The highest BCUT2D eigenvalue weighted by Crippen LogP contribution is 2.09. The average Bonchev–Trinajstić information content (AvgIpc) is 2.16. The van der Waals surface area contributed by atoms with Gasteiger partial charge in [0.15, 0.2) is 0 Å². The van der Waals surface area contributed by atoms with Gasteiger partial charge in [-0.3, -0.25) is 4.79 Å². The predicted octanol–water partition coefficient (Wildman–Crippen LogP) is 1.87. The van der Waals surface area contributed by atoms with Crippen LogP contribution in [0.4, 0.5) is 0 Å². The number of halogens is 1. The predicted molar refractivity (Wildman–Crippen MR) is 61.6 cm³/mol. The highest BCUT2D eigenvalue weighted by atomic mass is 79.9. The molecule has 0 fully saturated rings. The Bertz CT molecular complexity index is 185. The van der Waals surface area contributed by atoms with Crippen LogP contribution in [-0.4, -0.2) is 30.5 Å². The molecular formula is C10H18BrNO2. The number of rotatable bonds is 7. The fraction of sp³-hybridized carbons (Fsp3) is 0.700. The molecule has 0 aromatic carbocycles. The quantitative estimate of drug-likeness (QED) is 0.563. The first kappa shape index (κ1) is 13.7. The van der Waals surface area contributed by atoms with Crippen LogP contribution in [0, 0.1) is 0 Å². The van der Waals surface area contributed by atoms with E-state index in [1.807, 2.05) is 0 Å². The molecule has 0 spiro atoms. The third-order valence-electron chi connectivity index (χ3n) is 1.95. The van der Waals surface area contributed by atoms with Crippen molar-refractivity contribution in [2.75, 3.05) is 12.4 Å². The topological polar surface area (TPSA) is 38.3 Å². The molecule has 0 aliphatic heterocycles. The average molecular weight is 264 g/mol. The van der Waals surface area contributed by atoms with Gasteiger partial charge < -0.3 is 10.1 Å². The van der Waals surface area contributed by atoms with Gasteiger partial charge in [0, 0.05) is 19.4 Å². The Labute approximate surface area is 94.0 Å². The zero-order chi connectivity index (χ0) is 11.0. The summed E-state index contributed by atoms with van der Waals surface area (Å²) < 4.78 is 5.30. The molecule has 1 amide bonds. The second kappa shape index (κ2) is 8.00. The molecule has 14 heavy (non-hydrogen) atoms. The Morgan fingerprint density at radius 3 is 2.71 bits per heavy atom. The molecule has 0 aliphatic rings. The number of ether oxygens (including phenoxy) is 1. The minimum absolute atomic E-state index is 0.00829. The number of hydrogen-bond acceptors (Lipinski definition) is 2. The fourth-order valence-corrected chi connectivity index (χ4v) is 1.58. The molecule has 0 bridgehead atoms. The third-order valence-corrected chi connectivity index (χ3v) is 2.51. The van der Waals surface area contributed by atoms with Crippen molar-refractivity contribution >= 4 is 21.8 Å². The van der Waals surface area contributed by atoms with E-state index in [-0.39, 0.29) is 18.1 Å². The maximum atomic E-state index is 10.9. The van der Waals surface area contributed by atoms with E-state index in [1.165, 1.54) is 6.92 Å². The summed E-state index contributed by atoms with van der Waals surface area (Å²) >= 11 is 3.36. The van der Waals surface area contributed by atoms with Crippen molar-refractivity contribution < 1.29 is 9.53 Å². The number of carbonyl (C=O) groups excluding carboxylic acids is 1. The van der Waals surface area contributed by atoms with E-state index in [0.29, 0.717) is 0 Å². The van der Waals surface area contributed by atoms with Gasteiger partial charge in [-0.05, 0) is 12.8 Å². The smallest absolute Gasteiger partial charge is 0.217 e. The zero-order valence-corrected chi connectivity index (χ0v) is 10.3. The van der Waals surface area contributed by atoms with Crippen LogP contribution in [0.3, 0.4) is 0 Å². The van der Waals surface area contributed by atoms with Crippen molar-refractivity contribution in [3.8, 4) is 0 Å². The Morgan fingerprint density at radius 2 is 2.36 bits per heavy atom. The number of amides is 1. The SMILES string of the molecule is C=C[C@@H](NC(C)=O)[C@H](CCCBr)OC. The summed E-state index contributed by atoms with van der Waals surface area (Å²) in [7, 11) is 1.65. The molecule has 0 aliphatic carbocycles. The Balaban J connectivity index is 4.13. The molecule has 3 nitrogen and oxygen atoms in total. The third kappa shape index (κ3) is 5.40. The molecule has 0 rings (SSSR count). The van der Waals surface area contributed by atoms with Crippen LogP contribution >= 0.6 is 15.9 Å². The van der Waals surface area contributed by atoms with E-state index in [4.69, 9.17) is 4.74 Å². The van der Waals surface area contributed by atoms with Crippen molar-refractivity contribution in [3.05, 3.63) is 12.7 Å². The van der Waals surface area contributed by atoms with Crippen LogP contribution in [-0.2, 0) is 9.53 Å². The maximum absolute atomic E-state index is 10.9. The molecule has 0 aromatic rings. The lowest BCUT2D eigenvalue weighted by Crippen LogP contribution is -2.41. The number of nitrogens with one attached hydrogen (secondary N) is 1. The number of alkyl halides is 1. The minimum atomic E-state index is -0.100. The van der Waals surface area contributed by atoms with Crippen LogP contribution in [0.5, 0.6) is 0 Å². The van der Waals surface area contributed by atoms with Crippen molar-refractivity contribution in [2.45, 2.75) is 31.9 Å². The first-order valence-corrected chi connectivity index (χ1v) is 5.76. The summed E-state index contributed by atoms with van der Waals surface area (Å²) in [6.45, 7) is 5.18. The standard InChI is InChI=1S/C10H18BrNO2/c1-4-9(12-8(2)13)10(14-3)6-5-7-11/h4,9-10H,1,5-7H2,2-3H3,(H,12,13)/t9-,10+/m1/s1. The fourth-order valence-electron chi connectivity index (χ4n) is 1.26. The normalized spacial score (nSPS) is 14.5. The maximum Gasteiger partial charge on any atom is 0.217 e. The van der Waals surface area contributed by atoms with Crippen LogP contribution in [0.15, 0.2) is 12.7 Å². The molecule has 0 saturated heterocycles. The number of methoxy groups -OCH3 is 1. The molecule has 82 valence electrons. The highest BCUT2D eigenvalue weighted by molar-refractivity contribution is 9.09. The van der Waals surface area contributed by atoms with Crippen molar-refractivity contribution in [3.63, 3.8) is 0 Å². The monoisotopic (exact) mass is 263 g/mol. The van der Waals surface area contributed by atoms with E-state index in [1.54, 1.807) is 13.2 Å². The van der Waals surface area contributed by atoms with Crippen molar-refractivity contribution in [1.29, 1.82) is 0 Å². The lowest BCUT2D eigenvalue weighted by Gasteiger charge is -2.23. The summed E-state index contributed by atoms with van der Waals surface area (Å²) in [5, 5.41) is 3.73. The molecule has 0 radical (unpaired) electrons. The van der Waals surface area contributed by atoms with E-state index in [0.717, 1.165) is 18.2 Å². The first-order valence-electron chi connectivity index (χ1n) is 4.64. The molecule has 2 atom stereocenters. The van der Waals surface area contributed by atoms with Crippen LogP contribution < -0.4 is 5.32 Å². The van der Waals surface area contributed by atoms with Gasteiger partial charge in [-0.2, -0.15) is 0 Å².